The number of ether oxygens (including phenoxy) is 1. The molecule has 7 heteroatoms. The molecule has 0 atom stereocenters. The number of carbonyl (C=O) groups is 1. The monoisotopic (exact) mass is 414 g/mol. The van der Waals surface area contributed by atoms with Crippen LogP contribution >= 0.6 is 0 Å². The molecule has 0 spiro atoms. The van der Waals surface area contributed by atoms with Gasteiger partial charge in [0.25, 0.3) is 0 Å². The zero-order valence-corrected chi connectivity index (χ0v) is 16.9. The van der Waals surface area contributed by atoms with Crippen molar-refractivity contribution in [3.8, 4) is 17.2 Å². The molecule has 0 radical (unpaired) electrons. The predicted octanol–water partition coefficient (Wildman–Crippen LogP) is 3.96. The Morgan fingerprint density at radius 2 is 1.84 bits per heavy atom. The van der Waals surface area contributed by atoms with Crippen LogP contribution in [0.2, 0.25) is 0 Å². The van der Waals surface area contributed by atoms with E-state index in [1.807, 2.05) is 72.8 Å². The van der Waals surface area contributed by atoms with Crippen molar-refractivity contribution in [2.24, 2.45) is 0 Å². The summed E-state index contributed by atoms with van der Waals surface area (Å²) in [4.78, 5) is 16.5. The van der Waals surface area contributed by atoms with Crippen LogP contribution in [0.25, 0.3) is 11.5 Å². The molecule has 0 saturated heterocycles. The van der Waals surface area contributed by atoms with Crippen LogP contribution in [0.3, 0.4) is 0 Å². The Balaban J connectivity index is 1.23. The molecule has 0 saturated carbocycles. The molecular formula is C24H22N4O3. The molecule has 0 unspecified atom stereocenters. The minimum absolute atomic E-state index is 0.0840. The molecule has 1 N–H and O–H groups in total. The molecule has 4 rings (SSSR count). The van der Waals surface area contributed by atoms with Crippen molar-refractivity contribution in [1.82, 2.24) is 20.5 Å². The average molecular weight is 414 g/mol. The van der Waals surface area contributed by atoms with E-state index in [-0.39, 0.29) is 12.3 Å². The van der Waals surface area contributed by atoms with Gasteiger partial charge >= 0.3 is 0 Å². The van der Waals surface area contributed by atoms with Crippen LogP contribution in [-0.2, 0) is 24.4 Å². The van der Waals surface area contributed by atoms with Crippen molar-refractivity contribution in [2.75, 3.05) is 0 Å². The number of carbonyl (C=O) groups excluding carboxylic acids is 1. The van der Waals surface area contributed by atoms with Gasteiger partial charge in [-0.25, -0.2) is 0 Å². The van der Waals surface area contributed by atoms with Gasteiger partial charge in [0, 0.05) is 31.1 Å². The van der Waals surface area contributed by atoms with E-state index in [0.717, 1.165) is 22.6 Å². The number of aromatic nitrogens is 3. The molecule has 0 bridgehead atoms. The number of benzene rings is 2. The number of aryl methyl sites for hydroxylation is 1. The first-order valence-electron chi connectivity index (χ1n) is 10.0. The largest absolute Gasteiger partial charge is 0.487 e. The van der Waals surface area contributed by atoms with Gasteiger partial charge in [-0.15, -0.1) is 10.2 Å². The van der Waals surface area contributed by atoms with Crippen LogP contribution in [0.15, 0.2) is 83.4 Å². The van der Waals surface area contributed by atoms with Gasteiger partial charge in [-0.1, -0.05) is 36.4 Å². The number of rotatable bonds is 9. The Hall–Kier alpha value is -4.00. The van der Waals surface area contributed by atoms with E-state index < -0.39 is 0 Å². The van der Waals surface area contributed by atoms with E-state index in [4.69, 9.17) is 9.15 Å². The second-order valence-corrected chi connectivity index (χ2v) is 6.90. The topological polar surface area (TPSA) is 90.1 Å². The van der Waals surface area contributed by atoms with E-state index in [2.05, 4.69) is 20.5 Å². The van der Waals surface area contributed by atoms with Crippen molar-refractivity contribution < 1.29 is 13.9 Å². The number of nitrogens with one attached hydrogen (secondary N) is 1. The Morgan fingerprint density at radius 3 is 2.68 bits per heavy atom. The zero-order chi connectivity index (χ0) is 21.3. The fraction of sp³-hybridized carbons (Fsp3) is 0.167. The van der Waals surface area contributed by atoms with Gasteiger partial charge in [-0.2, -0.15) is 0 Å². The van der Waals surface area contributed by atoms with Crippen LogP contribution in [0.5, 0.6) is 5.75 Å². The van der Waals surface area contributed by atoms with Gasteiger partial charge in [0.1, 0.15) is 12.4 Å². The Kier molecular flexibility index (Phi) is 6.64. The highest BCUT2D eigenvalue weighted by Gasteiger charge is 2.10. The van der Waals surface area contributed by atoms with Gasteiger partial charge in [-0.05, 0) is 42.0 Å². The number of pyridine rings is 1. The Labute approximate surface area is 180 Å². The number of amides is 1. The highest BCUT2D eigenvalue weighted by atomic mass is 16.5. The predicted molar refractivity (Wildman–Crippen MR) is 115 cm³/mol. The Bertz CT molecular complexity index is 1110. The van der Waals surface area contributed by atoms with Gasteiger partial charge in [0.2, 0.25) is 17.7 Å². The summed E-state index contributed by atoms with van der Waals surface area (Å²) < 4.78 is 11.4. The van der Waals surface area contributed by atoms with E-state index in [9.17, 15) is 4.79 Å². The standard InChI is InChI=1S/C24H22N4O3/c29-22(12-13-23-27-28-24(31-23)19-8-2-1-3-9-19)26-16-18-7-6-11-21(15-18)30-17-20-10-4-5-14-25-20/h1-11,14-15H,12-13,16-17H2,(H,26,29). The van der Waals surface area contributed by atoms with Crippen LogP contribution < -0.4 is 10.1 Å². The molecule has 0 fully saturated rings. The number of nitrogens with zero attached hydrogens (tertiary/aromatic N) is 3. The molecular weight excluding hydrogens is 392 g/mol. The van der Waals surface area contributed by atoms with Crippen molar-refractivity contribution in [1.29, 1.82) is 0 Å². The first-order chi connectivity index (χ1) is 15.3. The lowest BCUT2D eigenvalue weighted by molar-refractivity contribution is -0.121. The maximum Gasteiger partial charge on any atom is 0.247 e. The maximum atomic E-state index is 12.2. The minimum Gasteiger partial charge on any atom is -0.487 e. The van der Waals surface area contributed by atoms with Crippen LogP contribution in [-0.4, -0.2) is 21.1 Å². The van der Waals surface area contributed by atoms with Crippen LogP contribution in [0.1, 0.15) is 23.6 Å². The maximum absolute atomic E-state index is 12.2. The zero-order valence-electron chi connectivity index (χ0n) is 16.9. The summed E-state index contributed by atoms with van der Waals surface area (Å²) in [5, 5.41) is 11.0. The van der Waals surface area contributed by atoms with Crippen molar-refractivity contribution in [2.45, 2.75) is 26.0 Å². The molecule has 0 aliphatic heterocycles. The van der Waals surface area contributed by atoms with Crippen LogP contribution in [0.4, 0.5) is 0 Å². The fourth-order valence-electron chi connectivity index (χ4n) is 2.95. The molecule has 4 aromatic rings. The fourth-order valence-corrected chi connectivity index (χ4v) is 2.95. The van der Waals surface area contributed by atoms with Crippen LogP contribution in [0, 0.1) is 0 Å². The average Bonchev–Trinajstić information content (AvgIpc) is 3.31. The summed E-state index contributed by atoms with van der Waals surface area (Å²) in [6.07, 6.45) is 2.40. The first kappa shape index (κ1) is 20.3. The van der Waals surface area contributed by atoms with Gasteiger partial charge in [0.15, 0.2) is 0 Å². The third-order valence-corrected chi connectivity index (χ3v) is 4.55. The molecule has 156 valence electrons. The molecule has 7 nitrogen and oxygen atoms in total. The third-order valence-electron chi connectivity index (χ3n) is 4.55. The number of hydrogen-bond donors (Lipinski definition) is 1. The number of hydrogen-bond acceptors (Lipinski definition) is 6. The molecule has 2 heterocycles. The summed E-state index contributed by atoms with van der Waals surface area (Å²) in [5.41, 5.74) is 2.67. The second-order valence-electron chi connectivity index (χ2n) is 6.90. The molecule has 2 aromatic carbocycles. The van der Waals surface area contributed by atoms with Gasteiger partial charge in [-0.3, -0.25) is 9.78 Å². The normalized spacial score (nSPS) is 10.6. The Morgan fingerprint density at radius 1 is 0.968 bits per heavy atom. The van der Waals surface area contributed by atoms with Crippen molar-refractivity contribution in [3.63, 3.8) is 0 Å². The van der Waals surface area contributed by atoms with Gasteiger partial charge < -0.3 is 14.5 Å². The molecule has 0 aliphatic carbocycles. The SMILES string of the molecule is O=C(CCc1nnc(-c2ccccc2)o1)NCc1cccc(OCc2ccccn2)c1. The highest BCUT2D eigenvalue weighted by molar-refractivity contribution is 5.76. The van der Waals surface area contributed by atoms with Crippen molar-refractivity contribution >= 4 is 5.91 Å². The summed E-state index contributed by atoms with van der Waals surface area (Å²) in [7, 11) is 0. The molecule has 0 aliphatic rings. The van der Waals surface area contributed by atoms with E-state index in [1.165, 1.54) is 0 Å². The summed E-state index contributed by atoms with van der Waals surface area (Å²) in [5.74, 6) is 1.55. The minimum atomic E-state index is -0.0840. The first-order valence-corrected chi connectivity index (χ1v) is 10.0. The van der Waals surface area contributed by atoms with Crippen molar-refractivity contribution in [3.05, 3.63) is 96.1 Å². The summed E-state index contributed by atoms with van der Waals surface area (Å²) >= 11 is 0. The summed E-state index contributed by atoms with van der Waals surface area (Å²) in [6.45, 7) is 0.810. The van der Waals surface area contributed by atoms with Gasteiger partial charge in [0.05, 0.1) is 5.69 Å². The summed E-state index contributed by atoms with van der Waals surface area (Å²) in [6, 6.07) is 22.9. The second kappa shape index (κ2) is 10.2. The smallest absolute Gasteiger partial charge is 0.247 e. The lowest BCUT2D eigenvalue weighted by Gasteiger charge is -2.09. The highest BCUT2D eigenvalue weighted by Crippen LogP contribution is 2.18. The lowest BCUT2D eigenvalue weighted by Crippen LogP contribution is -2.23. The van der Waals surface area contributed by atoms with E-state index in [0.29, 0.717) is 31.4 Å². The molecule has 2 aromatic heterocycles. The van der Waals surface area contributed by atoms with E-state index >= 15 is 0 Å². The quantitative estimate of drug-likeness (QED) is 0.446. The van der Waals surface area contributed by atoms with E-state index in [1.54, 1.807) is 6.20 Å². The lowest BCUT2D eigenvalue weighted by atomic mass is 10.2. The molecule has 1 amide bonds. The third kappa shape index (κ3) is 5.99. The molecule has 31 heavy (non-hydrogen) atoms.